The first-order valence-electron chi connectivity index (χ1n) is 6.22. The van der Waals surface area contributed by atoms with E-state index in [2.05, 4.69) is 40.5 Å². The molecule has 0 aromatic heterocycles. The van der Waals surface area contributed by atoms with Crippen LogP contribution < -0.4 is 21.2 Å². The van der Waals surface area contributed by atoms with Crippen LogP contribution in [0.5, 0.6) is 0 Å². The SMILES string of the molecule is Clc1ccc(/C=C/[I+]c2ccccc2)cc1.O=S(=O)([O-])C(F)(F)F. The van der Waals surface area contributed by atoms with E-state index < -0.39 is 15.6 Å². The zero-order valence-electron chi connectivity index (χ0n) is 11.9. The normalized spacial score (nSPS) is 11.9. The van der Waals surface area contributed by atoms with Crippen molar-refractivity contribution in [2.45, 2.75) is 5.51 Å². The van der Waals surface area contributed by atoms with E-state index in [0.29, 0.717) is 0 Å². The minimum absolute atomic E-state index is 0.0205. The van der Waals surface area contributed by atoms with Crippen LogP contribution in [0.1, 0.15) is 5.56 Å². The van der Waals surface area contributed by atoms with Gasteiger partial charge in [0.05, 0.1) is 0 Å². The number of hydrogen-bond acceptors (Lipinski definition) is 3. The Bertz CT molecular complexity index is 761. The van der Waals surface area contributed by atoms with E-state index in [0.717, 1.165) is 5.02 Å². The topological polar surface area (TPSA) is 57.2 Å². The quantitative estimate of drug-likeness (QED) is 0.371. The van der Waals surface area contributed by atoms with E-state index >= 15 is 0 Å². The van der Waals surface area contributed by atoms with Gasteiger partial charge in [-0.1, -0.05) is 41.9 Å². The highest BCUT2D eigenvalue weighted by Gasteiger charge is 2.36. The van der Waals surface area contributed by atoms with Crippen molar-refractivity contribution in [3.63, 3.8) is 0 Å². The van der Waals surface area contributed by atoms with Gasteiger partial charge in [-0.15, -0.1) is 0 Å². The lowest BCUT2D eigenvalue weighted by Gasteiger charge is -2.08. The third-order valence-corrected chi connectivity index (χ3v) is 5.31. The molecule has 0 fully saturated rings. The standard InChI is InChI=1S/C14H11ClI.CHF3O3S/c15-13-8-6-12(7-9-13)10-11-16-14-4-2-1-3-5-14;2-1(3,4)8(5,6)7/h1-11H;(H,5,6,7)/q+1;/p-1/b11-10+;. The Labute approximate surface area is 153 Å². The van der Waals surface area contributed by atoms with Crippen molar-refractivity contribution in [2.24, 2.45) is 0 Å². The molecule has 0 spiro atoms. The Morgan fingerprint density at radius 2 is 1.50 bits per heavy atom. The maximum absolute atomic E-state index is 10.7. The van der Waals surface area contributed by atoms with Crippen LogP contribution in [0.2, 0.25) is 5.02 Å². The molecule has 3 nitrogen and oxygen atoms in total. The highest BCUT2D eigenvalue weighted by Crippen LogP contribution is 2.20. The predicted molar refractivity (Wildman–Crippen MR) is 81.4 cm³/mol. The summed E-state index contributed by atoms with van der Waals surface area (Å²) in [6, 6.07) is 18.5. The van der Waals surface area contributed by atoms with Crippen molar-refractivity contribution in [3.05, 3.63) is 72.8 Å². The maximum Gasteiger partial charge on any atom is 0.485 e. The molecular formula is C15H11ClF3IO3S. The first-order valence-corrected chi connectivity index (χ1v) is 10.3. The van der Waals surface area contributed by atoms with Crippen molar-refractivity contribution < 1.29 is 47.3 Å². The molecular weight excluding hydrogens is 480 g/mol. The maximum atomic E-state index is 10.7. The van der Waals surface area contributed by atoms with E-state index in [-0.39, 0.29) is 21.2 Å². The Morgan fingerprint density at radius 1 is 1.00 bits per heavy atom. The Kier molecular flexibility index (Phi) is 8.20. The van der Waals surface area contributed by atoms with Crippen LogP contribution in [0.15, 0.2) is 58.7 Å². The minimum Gasteiger partial charge on any atom is -0.741 e. The van der Waals surface area contributed by atoms with E-state index in [1.165, 1.54) is 9.13 Å². The van der Waals surface area contributed by atoms with E-state index in [1.807, 2.05) is 24.3 Å². The highest BCUT2D eigenvalue weighted by molar-refractivity contribution is 7.86. The fourth-order valence-electron chi connectivity index (χ4n) is 1.24. The summed E-state index contributed by atoms with van der Waals surface area (Å²) in [4.78, 5) is 0. The Hall–Kier alpha value is -1.10. The van der Waals surface area contributed by atoms with Gasteiger partial charge in [-0.05, 0) is 35.9 Å². The molecule has 130 valence electrons. The lowest BCUT2D eigenvalue weighted by atomic mass is 10.2. The van der Waals surface area contributed by atoms with Gasteiger partial charge < -0.3 is 4.55 Å². The molecule has 0 bridgehead atoms. The third-order valence-electron chi connectivity index (χ3n) is 2.33. The molecule has 2 aromatic carbocycles. The van der Waals surface area contributed by atoms with Crippen LogP contribution in [0.3, 0.4) is 0 Å². The molecule has 0 saturated heterocycles. The van der Waals surface area contributed by atoms with Crippen LogP contribution in [-0.2, 0) is 10.1 Å². The molecule has 0 heterocycles. The molecule has 0 saturated carbocycles. The second kappa shape index (κ2) is 9.40. The smallest absolute Gasteiger partial charge is 0.485 e. The van der Waals surface area contributed by atoms with Crippen LogP contribution in [0, 0.1) is 3.57 Å². The molecule has 0 radical (unpaired) electrons. The molecule has 24 heavy (non-hydrogen) atoms. The molecule has 0 atom stereocenters. The third kappa shape index (κ3) is 8.13. The first-order chi connectivity index (χ1) is 11.1. The fraction of sp³-hybridized carbons (Fsp3) is 0.0667. The Balaban J connectivity index is 0.000000307. The fourth-order valence-corrected chi connectivity index (χ4v) is 3.20. The molecule has 0 unspecified atom stereocenters. The van der Waals surface area contributed by atoms with Crippen LogP contribution in [0.4, 0.5) is 13.2 Å². The van der Waals surface area contributed by atoms with Gasteiger partial charge in [0.2, 0.25) is 0 Å². The molecule has 0 aliphatic heterocycles. The molecule has 2 aromatic rings. The minimum atomic E-state index is -6.09. The van der Waals surface area contributed by atoms with Gasteiger partial charge in [0.15, 0.2) is 17.8 Å². The second-order valence-corrected chi connectivity index (χ2v) is 8.54. The number of benzene rings is 2. The van der Waals surface area contributed by atoms with Gasteiger partial charge in [0, 0.05) is 5.02 Å². The van der Waals surface area contributed by atoms with Gasteiger partial charge in [0.25, 0.3) is 0 Å². The molecule has 9 heteroatoms. The summed E-state index contributed by atoms with van der Waals surface area (Å²) in [5.74, 6) is 0. The van der Waals surface area contributed by atoms with Crippen molar-refractivity contribution in [1.82, 2.24) is 0 Å². The van der Waals surface area contributed by atoms with Crippen molar-refractivity contribution >= 4 is 27.8 Å². The van der Waals surface area contributed by atoms with Crippen LogP contribution in [-0.4, -0.2) is 18.5 Å². The van der Waals surface area contributed by atoms with Crippen LogP contribution >= 0.6 is 11.6 Å². The van der Waals surface area contributed by atoms with Gasteiger partial charge in [-0.3, -0.25) is 0 Å². The number of halogens is 5. The van der Waals surface area contributed by atoms with Gasteiger partial charge in [-0.25, -0.2) is 8.42 Å². The summed E-state index contributed by atoms with van der Waals surface area (Å²) in [5.41, 5.74) is -4.44. The van der Waals surface area contributed by atoms with Crippen LogP contribution in [0.25, 0.3) is 6.08 Å². The number of alkyl halides is 3. The molecule has 0 aliphatic carbocycles. The number of rotatable bonds is 3. The monoisotopic (exact) mass is 490 g/mol. The van der Waals surface area contributed by atoms with Crippen molar-refractivity contribution in [2.75, 3.05) is 0 Å². The van der Waals surface area contributed by atoms with Crippen molar-refractivity contribution in [3.8, 4) is 0 Å². The summed E-state index contributed by atoms with van der Waals surface area (Å²) >= 11 is 5.80. The van der Waals surface area contributed by atoms with E-state index in [1.54, 1.807) is 0 Å². The average Bonchev–Trinajstić information content (AvgIpc) is 2.49. The summed E-state index contributed by atoms with van der Waals surface area (Å²) in [5, 5.41) is 0.787. The Morgan fingerprint density at radius 3 is 1.96 bits per heavy atom. The van der Waals surface area contributed by atoms with E-state index in [4.69, 9.17) is 24.6 Å². The summed E-state index contributed by atoms with van der Waals surface area (Å²) in [6.45, 7) is 0. The van der Waals surface area contributed by atoms with Gasteiger partial charge in [0.1, 0.15) is 0 Å². The van der Waals surface area contributed by atoms with Gasteiger partial charge in [-0.2, -0.15) is 13.2 Å². The lowest BCUT2D eigenvalue weighted by molar-refractivity contribution is -0.555. The predicted octanol–water partition coefficient (Wildman–Crippen LogP) is 1.32. The first kappa shape index (κ1) is 20.9. The molecule has 0 aliphatic rings. The van der Waals surface area contributed by atoms with Crippen molar-refractivity contribution in [1.29, 1.82) is 0 Å². The molecule has 0 N–H and O–H groups in total. The highest BCUT2D eigenvalue weighted by atomic mass is 127. The lowest BCUT2D eigenvalue weighted by Crippen LogP contribution is -3.59. The summed E-state index contributed by atoms with van der Waals surface area (Å²) < 4.78 is 62.6. The second-order valence-electron chi connectivity index (χ2n) is 4.15. The average molecular weight is 491 g/mol. The largest absolute Gasteiger partial charge is 0.741 e. The zero-order chi connectivity index (χ0) is 18.2. The number of hydrogen-bond donors (Lipinski definition) is 0. The molecule has 0 amide bonds. The van der Waals surface area contributed by atoms with Gasteiger partial charge >= 0.3 is 26.7 Å². The zero-order valence-corrected chi connectivity index (χ0v) is 15.6. The summed E-state index contributed by atoms with van der Waals surface area (Å²) in [6.07, 6.45) is 2.16. The summed E-state index contributed by atoms with van der Waals surface area (Å²) in [7, 11) is -6.09. The van der Waals surface area contributed by atoms with E-state index in [9.17, 15) is 13.2 Å². The molecule has 2 rings (SSSR count).